The first-order chi connectivity index (χ1) is 2.77. The van der Waals surface area contributed by atoms with E-state index in [0.717, 1.165) is 6.42 Å². The van der Waals surface area contributed by atoms with Crippen molar-refractivity contribution in [2.45, 2.75) is 13.3 Å². The van der Waals surface area contributed by atoms with E-state index in [0.29, 0.717) is 0 Å². The summed E-state index contributed by atoms with van der Waals surface area (Å²) in [6.07, 6.45) is 2.12. The molecule has 0 aliphatic heterocycles. The number of thiol groups is 1. The zero-order valence-corrected chi connectivity index (χ0v) is 4.50. The number of hydrogen-bond donors (Lipinski definition) is 1. The van der Waals surface area contributed by atoms with Gasteiger partial charge in [-0.1, -0.05) is 6.92 Å². The molecule has 0 saturated heterocycles. The van der Waals surface area contributed by atoms with Crippen molar-refractivity contribution in [2.24, 2.45) is 0 Å². The standard InChI is InChI=1S/C4H7FS/c1-2-3-4(5)6/h3,6H,2H2,1H3. The van der Waals surface area contributed by atoms with Gasteiger partial charge in [-0.2, -0.15) is 0 Å². The minimum absolute atomic E-state index is 0.391. The molecule has 6 heavy (non-hydrogen) atoms. The highest BCUT2D eigenvalue weighted by Gasteiger charge is 1.74. The van der Waals surface area contributed by atoms with Gasteiger partial charge in [0.15, 0.2) is 0 Å². The molecule has 0 saturated carbocycles. The van der Waals surface area contributed by atoms with Gasteiger partial charge in [-0.3, -0.25) is 0 Å². The van der Waals surface area contributed by atoms with Crippen LogP contribution in [-0.4, -0.2) is 0 Å². The fraction of sp³-hybridized carbons (Fsp3) is 0.500. The molecule has 36 valence electrons. The average Bonchev–Trinajstić information content (AvgIpc) is 1.35. The number of rotatable bonds is 1. The van der Waals surface area contributed by atoms with E-state index in [-0.39, 0.29) is 0 Å². The molecular weight excluding hydrogens is 99.1 g/mol. The maximum Gasteiger partial charge on any atom is 0.149 e. The Bertz CT molecular complexity index is 54.6. The van der Waals surface area contributed by atoms with Gasteiger partial charge >= 0.3 is 0 Å². The summed E-state index contributed by atoms with van der Waals surface area (Å²) in [5.41, 5.74) is 0. The van der Waals surface area contributed by atoms with Crippen molar-refractivity contribution in [2.75, 3.05) is 0 Å². The third kappa shape index (κ3) is 4.02. The van der Waals surface area contributed by atoms with Crippen LogP contribution >= 0.6 is 12.6 Å². The molecule has 0 aliphatic rings. The SMILES string of the molecule is CCC=C(F)S. The Morgan fingerprint density at radius 2 is 2.50 bits per heavy atom. The van der Waals surface area contributed by atoms with Gasteiger partial charge in [0.1, 0.15) is 5.16 Å². The van der Waals surface area contributed by atoms with E-state index in [4.69, 9.17) is 0 Å². The van der Waals surface area contributed by atoms with Crippen LogP contribution < -0.4 is 0 Å². The molecule has 0 N–H and O–H groups in total. The summed E-state index contributed by atoms with van der Waals surface area (Å²) in [6.45, 7) is 1.86. The number of hydrogen-bond acceptors (Lipinski definition) is 1. The smallest absolute Gasteiger partial charge is 0.149 e. The van der Waals surface area contributed by atoms with Gasteiger partial charge in [-0.05, 0) is 12.5 Å². The van der Waals surface area contributed by atoms with Crippen LogP contribution in [-0.2, 0) is 0 Å². The van der Waals surface area contributed by atoms with Crippen molar-refractivity contribution < 1.29 is 4.39 Å². The molecule has 0 aromatic rings. The first-order valence-electron chi connectivity index (χ1n) is 1.82. The second-order valence-electron chi connectivity index (χ2n) is 0.935. The van der Waals surface area contributed by atoms with Crippen LogP contribution in [0.5, 0.6) is 0 Å². The summed E-state index contributed by atoms with van der Waals surface area (Å²) < 4.78 is 11.4. The molecule has 0 aliphatic carbocycles. The Kier molecular flexibility index (Phi) is 3.23. The van der Waals surface area contributed by atoms with Crippen molar-refractivity contribution in [3.05, 3.63) is 11.2 Å². The zero-order valence-electron chi connectivity index (χ0n) is 3.61. The van der Waals surface area contributed by atoms with Crippen LogP contribution in [0, 0.1) is 0 Å². The molecular formula is C4H7FS. The van der Waals surface area contributed by atoms with E-state index >= 15 is 0 Å². The Balaban J connectivity index is 3.14. The lowest BCUT2D eigenvalue weighted by Crippen LogP contribution is -1.51. The molecule has 0 fully saturated rings. The van der Waals surface area contributed by atoms with E-state index in [9.17, 15) is 4.39 Å². The molecule has 0 atom stereocenters. The minimum atomic E-state index is -0.391. The summed E-state index contributed by atoms with van der Waals surface area (Å²) in [5, 5.41) is -0.391. The maximum absolute atomic E-state index is 11.4. The van der Waals surface area contributed by atoms with Gasteiger partial charge in [-0.25, -0.2) is 4.39 Å². The second-order valence-corrected chi connectivity index (χ2v) is 1.36. The Morgan fingerprint density at radius 1 is 2.00 bits per heavy atom. The van der Waals surface area contributed by atoms with Gasteiger partial charge in [0.05, 0.1) is 0 Å². The molecule has 0 aromatic heterocycles. The molecule has 0 bridgehead atoms. The van der Waals surface area contributed by atoms with Crippen molar-refractivity contribution in [1.29, 1.82) is 0 Å². The molecule has 2 heteroatoms. The monoisotopic (exact) mass is 106 g/mol. The van der Waals surface area contributed by atoms with Crippen molar-refractivity contribution >= 4 is 12.6 Å². The van der Waals surface area contributed by atoms with E-state index in [1.165, 1.54) is 6.08 Å². The van der Waals surface area contributed by atoms with Crippen LogP contribution in [0.2, 0.25) is 0 Å². The zero-order chi connectivity index (χ0) is 4.99. The lowest BCUT2D eigenvalue weighted by Gasteiger charge is -1.74. The van der Waals surface area contributed by atoms with Crippen LogP contribution in [0.25, 0.3) is 0 Å². The highest BCUT2D eigenvalue weighted by atomic mass is 32.1. The largest absolute Gasteiger partial charge is 0.200 e. The van der Waals surface area contributed by atoms with E-state index in [2.05, 4.69) is 12.6 Å². The normalized spacial score (nSPS) is 12.2. The summed E-state index contributed by atoms with van der Waals surface area (Å²) >= 11 is 3.37. The molecule has 0 radical (unpaired) electrons. The third-order valence-electron chi connectivity index (χ3n) is 0.373. The van der Waals surface area contributed by atoms with Crippen LogP contribution in [0.15, 0.2) is 11.2 Å². The van der Waals surface area contributed by atoms with Gasteiger partial charge in [0, 0.05) is 0 Å². The first kappa shape index (κ1) is 6.02. The lowest BCUT2D eigenvalue weighted by atomic mass is 10.5. The molecule has 0 spiro atoms. The Hall–Kier alpha value is 0.0200. The van der Waals surface area contributed by atoms with Crippen LogP contribution in [0.1, 0.15) is 13.3 Å². The fourth-order valence-electron chi connectivity index (χ4n) is 0.168. The maximum atomic E-state index is 11.4. The molecule has 0 amide bonds. The second kappa shape index (κ2) is 3.22. The van der Waals surface area contributed by atoms with Gasteiger partial charge in [-0.15, -0.1) is 12.6 Å². The molecule has 0 heterocycles. The molecule has 0 nitrogen and oxygen atoms in total. The van der Waals surface area contributed by atoms with Gasteiger partial charge in [0.25, 0.3) is 0 Å². The predicted molar refractivity (Wildman–Crippen MR) is 28.5 cm³/mol. The topological polar surface area (TPSA) is 0 Å². The van der Waals surface area contributed by atoms with Crippen molar-refractivity contribution in [3.8, 4) is 0 Å². The highest BCUT2D eigenvalue weighted by Crippen LogP contribution is 2.00. The quantitative estimate of drug-likeness (QED) is 0.486. The molecule has 0 aromatic carbocycles. The van der Waals surface area contributed by atoms with Crippen molar-refractivity contribution in [1.82, 2.24) is 0 Å². The average molecular weight is 106 g/mol. The Morgan fingerprint density at radius 3 is 2.50 bits per heavy atom. The predicted octanol–water partition coefficient (Wildman–Crippen LogP) is 2.14. The highest BCUT2D eigenvalue weighted by molar-refractivity contribution is 7.84. The summed E-state index contributed by atoms with van der Waals surface area (Å²) in [6, 6.07) is 0. The third-order valence-corrected chi connectivity index (χ3v) is 0.555. The van der Waals surface area contributed by atoms with Gasteiger partial charge < -0.3 is 0 Å². The summed E-state index contributed by atoms with van der Waals surface area (Å²) in [4.78, 5) is 0. The minimum Gasteiger partial charge on any atom is -0.200 e. The number of allylic oxidation sites excluding steroid dienone is 1. The molecule has 0 rings (SSSR count). The van der Waals surface area contributed by atoms with Crippen molar-refractivity contribution in [3.63, 3.8) is 0 Å². The molecule has 0 unspecified atom stereocenters. The fourth-order valence-corrected chi connectivity index (χ4v) is 0.351. The summed E-state index contributed by atoms with van der Waals surface area (Å²) in [5.74, 6) is 0. The van der Waals surface area contributed by atoms with Gasteiger partial charge in [0.2, 0.25) is 0 Å². The summed E-state index contributed by atoms with van der Waals surface area (Å²) in [7, 11) is 0. The van der Waals surface area contributed by atoms with Crippen LogP contribution in [0.4, 0.5) is 4.39 Å². The van der Waals surface area contributed by atoms with Crippen LogP contribution in [0.3, 0.4) is 0 Å². The van der Waals surface area contributed by atoms with E-state index < -0.39 is 5.16 Å². The first-order valence-corrected chi connectivity index (χ1v) is 2.26. The van der Waals surface area contributed by atoms with E-state index in [1.807, 2.05) is 6.92 Å². The lowest BCUT2D eigenvalue weighted by molar-refractivity contribution is 0.696. The Labute approximate surface area is 42.5 Å². The van der Waals surface area contributed by atoms with E-state index in [1.54, 1.807) is 0 Å². The number of halogens is 1.